The van der Waals surface area contributed by atoms with Crippen molar-refractivity contribution >= 4 is 21.8 Å². The lowest BCUT2D eigenvalue weighted by molar-refractivity contribution is -0.154. The minimum atomic E-state index is -3.66. The summed E-state index contributed by atoms with van der Waals surface area (Å²) in [5, 5.41) is 0. The molecular weight excluding hydrogens is 462 g/mol. The topological polar surface area (TPSA) is 89.5 Å². The van der Waals surface area contributed by atoms with Gasteiger partial charge in [0.1, 0.15) is 5.92 Å². The van der Waals surface area contributed by atoms with E-state index in [0.717, 1.165) is 24.0 Å². The SMILES string of the molecule is CCCC1(CCC)OC(=O)C(C(c2cccc(CNS(=O)(=O)c3ccccc3)c2)C(C)(C)C)C1=O. The van der Waals surface area contributed by atoms with Gasteiger partial charge in [-0.05, 0) is 41.5 Å². The van der Waals surface area contributed by atoms with Crippen molar-refractivity contribution in [1.82, 2.24) is 4.72 Å². The van der Waals surface area contributed by atoms with Crippen molar-refractivity contribution < 1.29 is 22.7 Å². The molecule has 1 N–H and O–H groups in total. The summed E-state index contributed by atoms with van der Waals surface area (Å²) >= 11 is 0. The minimum absolute atomic E-state index is 0.0978. The molecule has 1 saturated heterocycles. The summed E-state index contributed by atoms with van der Waals surface area (Å²) in [4.78, 5) is 27.1. The average molecular weight is 500 g/mol. The molecule has 1 aliphatic rings. The number of benzene rings is 2. The second kappa shape index (κ2) is 10.6. The Hall–Kier alpha value is -2.51. The highest BCUT2D eigenvalue weighted by Gasteiger charge is 2.58. The molecule has 0 bridgehead atoms. The van der Waals surface area contributed by atoms with Gasteiger partial charge in [-0.3, -0.25) is 9.59 Å². The lowest BCUT2D eigenvalue weighted by Crippen LogP contribution is -2.40. The van der Waals surface area contributed by atoms with Crippen molar-refractivity contribution in [2.24, 2.45) is 11.3 Å². The standard InChI is InChI=1S/C28H37NO5S/c1-6-16-28(17-7-2)25(30)23(26(31)34-28)24(27(3,4)5)21-13-11-12-20(18-21)19-29-35(32,33)22-14-9-8-10-15-22/h8-15,18,23-24,29H,6-7,16-17,19H2,1-5H3. The molecule has 7 heteroatoms. The molecular formula is C28H37NO5S. The molecule has 0 saturated carbocycles. The molecule has 3 rings (SSSR count). The molecule has 2 unspecified atom stereocenters. The Labute approximate surface area is 209 Å². The van der Waals surface area contributed by atoms with E-state index in [1.54, 1.807) is 30.3 Å². The van der Waals surface area contributed by atoms with Crippen molar-refractivity contribution in [3.05, 3.63) is 65.7 Å². The van der Waals surface area contributed by atoms with Gasteiger partial charge in [-0.1, -0.05) is 89.9 Å². The molecule has 1 heterocycles. The van der Waals surface area contributed by atoms with Crippen LogP contribution in [-0.2, 0) is 30.9 Å². The first-order chi connectivity index (χ1) is 16.4. The van der Waals surface area contributed by atoms with Crippen LogP contribution in [0.5, 0.6) is 0 Å². The maximum Gasteiger partial charge on any atom is 0.318 e. The summed E-state index contributed by atoms with van der Waals surface area (Å²) in [5.41, 5.74) is 0.129. The first kappa shape index (κ1) is 27.1. The minimum Gasteiger partial charge on any atom is -0.450 e. The number of sulfonamides is 1. The molecule has 0 spiro atoms. The molecule has 2 aromatic rings. The number of ketones is 1. The molecule has 1 aliphatic heterocycles. The predicted molar refractivity (Wildman–Crippen MR) is 136 cm³/mol. The van der Waals surface area contributed by atoms with E-state index < -0.39 is 38.8 Å². The van der Waals surface area contributed by atoms with Crippen LogP contribution in [0.25, 0.3) is 0 Å². The van der Waals surface area contributed by atoms with Crippen molar-refractivity contribution in [2.75, 3.05) is 0 Å². The van der Waals surface area contributed by atoms with Gasteiger partial charge in [-0.25, -0.2) is 13.1 Å². The lowest BCUT2D eigenvalue weighted by atomic mass is 9.66. The van der Waals surface area contributed by atoms with Crippen LogP contribution >= 0.6 is 0 Å². The first-order valence-electron chi connectivity index (χ1n) is 12.4. The van der Waals surface area contributed by atoms with E-state index in [1.807, 2.05) is 58.9 Å². The maximum absolute atomic E-state index is 13.7. The van der Waals surface area contributed by atoms with Crippen LogP contribution in [0.2, 0.25) is 0 Å². The van der Waals surface area contributed by atoms with Crippen LogP contribution in [0, 0.1) is 11.3 Å². The van der Waals surface area contributed by atoms with E-state index in [1.165, 1.54) is 0 Å². The third-order valence-electron chi connectivity index (χ3n) is 6.69. The number of Topliss-reactive ketones (excluding diaryl/α,β-unsaturated/α-hetero) is 1. The number of carbonyl (C=O) groups is 2. The molecule has 0 aliphatic carbocycles. The van der Waals surface area contributed by atoms with E-state index in [0.29, 0.717) is 12.8 Å². The third-order valence-corrected chi connectivity index (χ3v) is 8.10. The molecule has 35 heavy (non-hydrogen) atoms. The van der Waals surface area contributed by atoms with Crippen LogP contribution < -0.4 is 4.72 Å². The fraction of sp³-hybridized carbons (Fsp3) is 0.500. The fourth-order valence-electron chi connectivity index (χ4n) is 5.22. The van der Waals surface area contributed by atoms with Crippen molar-refractivity contribution in [2.45, 2.75) is 83.3 Å². The van der Waals surface area contributed by atoms with Crippen LogP contribution in [-0.4, -0.2) is 25.8 Å². The Bertz CT molecular complexity index is 1150. The molecule has 2 atom stereocenters. The third kappa shape index (κ3) is 5.84. The van der Waals surface area contributed by atoms with E-state index in [-0.39, 0.29) is 17.2 Å². The number of nitrogens with one attached hydrogen (secondary N) is 1. The molecule has 6 nitrogen and oxygen atoms in total. The van der Waals surface area contributed by atoms with Gasteiger partial charge in [-0.15, -0.1) is 0 Å². The quantitative estimate of drug-likeness (QED) is 0.350. The summed E-state index contributed by atoms with van der Waals surface area (Å²) in [6.07, 6.45) is 2.56. The van der Waals surface area contributed by atoms with E-state index >= 15 is 0 Å². The largest absolute Gasteiger partial charge is 0.450 e. The number of carbonyl (C=O) groups excluding carboxylic acids is 2. The number of ether oxygens (including phenoxy) is 1. The van der Waals surface area contributed by atoms with Gasteiger partial charge in [-0.2, -0.15) is 0 Å². The smallest absolute Gasteiger partial charge is 0.318 e. The molecule has 0 aromatic heterocycles. The molecule has 190 valence electrons. The number of hydrogen-bond acceptors (Lipinski definition) is 5. The van der Waals surface area contributed by atoms with E-state index in [2.05, 4.69) is 4.72 Å². The number of hydrogen-bond donors (Lipinski definition) is 1. The highest BCUT2D eigenvalue weighted by Crippen LogP contribution is 2.48. The second-order valence-electron chi connectivity index (χ2n) is 10.5. The highest BCUT2D eigenvalue weighted by molar-refractivity contribution is 7.89. The number of cyclic esters (lactones) is 1. The van der Waals surface area contributed by atoms with Crippen LogP contribution in [0.4, 0.5) is 0 Å². The molecule has 0 amide bonds. The lowest BCUT2D eigenvalue weighted by Gasteiger charge is -2.34. The summed E-state index contributed by atoms with van der Waals surface area (Å²) in [6.45, 7) is 10.1. The number of esters is 1. The van der Waals surface area contributed by atoms with Crippen LogP contribution in [0.3, 0.4) is 0 Å². The summed E-state index contributed by atoms with van der Waals surface area (Å²) in [5.74, 6) is -1.86. The van der Waals surface area contributed by atoms with Gasteiger partial charge in [0.05, 0.1) is 4.90 Å². The Morgan fingerprint density at radius 2 is 1.60 bits per heavy atom. The maximum atomic E-state index is 13.7. The zero-order valence-electron chi connectivity index (χ0n) is 21.3. The summed E-state index contributed by atoms with van der Waals surface area (Å²) < 4.78 is 33.8. The van der Waals surface area contributed by atoms with Crippen LogP contribution in [0.1, 0.15) is 77.3 Å². The van der Waals surface area contributed by atoms with Gasteiger partial charge < -0.3 is 4.74 Å². The Kier molecular flexibility index (Phi) is 8.22. The number of rotatable bonds is 10. The van der Waals surface area contributed by atoms with Crippen molar-refractivity contribution in [3.63, 3.8) is 0 Å². The second-order valence-corrected chi connectivity index (χ2v) is 12.3. The molecule has 2 aromatic carbocycles. The van der Waals surface area contributed by atoms with Gasteiger partial charge in [0.15, 0.2) is 11.4 Å². The van der Waals surface area contributed by atoms with Gasteiger partial charge in [0.25, 0.3) is 0 Å². The zero-order valence-corrected chi connectivity index (χ0v) is 22.2. The van der Waals surface area contributed by atoms with Crippen molar-refractivity contribution in [3.8, 4) is 0 Å². The summed E-state index contributed by atoms with van der Waals surface area (Å²) in [7, 11) is -3.66. The molecule has 0 radical (unpaired) electrons. The fourth-order valence-corrected chi connectivity index (χ4v) is 6.25. The first-order valence-corrected chi connectivity index (χ1v) is 13.8. The average Bonchev–Trinajstić information content (AvgIpc) is 3.03. The van der Waals surface area contributed by atoms with Crippen molar-refractivity contribution in [1.29, 1.82) is 0 Å². The Balaban J connectivity index is 1.92. The predicted octanol–water partition coefficient (Wildman–Crippen LogP) is 5.38. The highest BCUT2D eigenvalue weighted by atomic mass is 32.2. The van der Waals surface area contributed by atoms with E-state index in [4.69, 9.17) is 4.74 Å². The van der Waals surface area contributed by atoms with Crippen LogP contribution in [0.15, 0.2) is 59.5 Å². The van der Waals surface area contributed by atoms with Gasteiger partial charge in [0.2, 0.25) is 10.0 Å². The monoisotopic (exact) mass is 499 g/mol. The normalized spacial score (nSPS) is 18.9. The summed E-state index contributed by atoms with van der Waals surface area (Å²) in [6, 6.07) is 15.7. The van der Waals surface area contributed by atoms with Gasteiger partial charge >= 0.3 is 5.97 Å². The Morgan fingerprint density at radius 1 is 0.971 bits per heavy atom. The molecule has 1 fully saturated rings. The van der Waals surface area contributed by atoms with Gasteiger partial charge in [0, 0.05) is 12.5 Å². The zero-order chi connectivity index (χ0) is 25.9. The Morgan fingerprint density at radius 3 is 2.17 bits per heavy atom. The van der Waals surface area contributed by atoms with E-state index in [9.17, 15) is 18.0 Å².